The van der Waals surface area contributed by atoms with Crippen LogP contribution >= 0.6 is 0 Å². The molecular formula is C15H16N2O2. The largest absolute Gasteiger partial charge is 0.465 e. The van der Waals surface area contributed by atoms with Crippen LogP contribution in [0.3, 0.4) is 0 Å². The molecule has 98 valence electrons. The van der Waals surface area contributed by atoms with Crippen molar-refractivity contribution in [3.8, 4) is 0 Å². The third-order valence-electron chi connectivity index (χ3n) is 3.05. The summed E-state index contributed by atoms with van der Waals surface area (Å²) in [5, 5.41) is 0. The molecule has 0 radical (unpaired) electrons. The standard InChI is InChI=1S/C15H16N2O2/c1-3-19-14(18)15(2,12-8-5-4-6-9-12)13-16-10-7-11-17-13/h4-11H,3H2,1-2H3. The van der Waals surface area contributed by atoms with Crippen molar-refractivity contribution in [1.82, 2.24) is 9.97 Å². The van der Waals surface area contributed by atoms with Gasteiger partial charge in [0.05, 0.1) is 6.61 Å². The van der Waals surface area contributed by atoms with Gasteiger partial charge < -0.3 is 4.74 Å². The smallest absolute Gasteiger partial charge is 0.324 e. The number of rotatable bonds is 4. The van der Waals surface area contributed by atoms with E-state index in [4.69, 9.17) is 4.74 Å². The fraction of sp³-hybridized carbons (Fsp3) is 0.267. The summed E-state index contributed by atoms with van der Waals surface area (Å²) in [7, 11) is 0. The Morgan fingerprint density at radius 3 is 2.37 bits per heavy atom. The van der Waals surface area contributed by atoms with E-state index in [-0.39, 0.29) is 5.97 Å². The van der Waals surface area contributed by atoms with Crippen molar-refractivity contribution < 1.29 is 9.53 Å². The van der Waals surface area contributed by atoms with E-state index >= 15 is 0 Å². The third-order valence-corrected chi connectivity index (χ3v) is 3.05. The van der Waals surface area contributed by atoms with E-state index in [1.165, 1.54) is 0 Å². The molecule has 1 unspecified atom stereocenters. The van der Waals surface area contributed by atoms with E-state index in [1.54, 1.807) is 32.3 Å². The molecule has 0 bridgehead atoms. The summed E-state index contributed by atoms with van der Waals surface area (Å²) in [6, 6.07) is 11.2. The van der Waals surface area contributed by atoms with Gasteiger partial charge in [-0.3, -0.25) is 4.79 Å². The molecule has 0 fully saturated rings. The summed E-state index contributed by atoms with van der Waals surface area (Å²) in [6.45, 7) is 3.90. The molecule has 19 heavy (non-hydrogen) atoms. The van der Waals surface area contributed by atoms with Crippen LogP contribution in [-0.2, 0) is 14.9 Å². The van der Waals surface area contributed by atoms with Crippen molar-refractivity contribution in [2.24, 2.45) is 0 Å². The summed E-state index contributed by atoms with van der Waals surface area (Å²) in [5.41, 5.74) is -0.168. The summed E-state index contributed by atoms with van der Waals surface area (Å²) >= 11 is 0. The average Bonchev–Trinajstić information content (AvgIpc) is 2.48. The van der Waals surface area contributed by atoms with Crippen LogP contribution in [0.1, 0.15) is 25.2 Å². The Kier molecular flexibility index (Phi) is 3.90. The molecule has 2 rings (SSSR count). The predicted molar refractivity (Wildman–Crippen MR) is 71.6 cm³/mol. The monoisotopic (exact) mass is 256 g/mol. The predicted octanol–water partition coefficient (Wildman–Crippen LogP) is 2.35. The molecule has 1 heterocycles. The normalized spacial score (nSPS) is 13.6. The van der Waals surface area contributed by atoms with Gasteiger partial charge in [0.15, 0.2) is 0 Å². The van der Waals surface area contributed by atoms with Crippen molar-refractivity contribution in [3.05, 3.63) is 60.2 Å². The van der Waals surface area contributed by atoms with E-state index in [2.05, 4.69) is 9.97 Å². The molecule has 0 saturated carbocycles. The number of nitrogens with zero attached hydrogens (tertiary/aromatic N) is 2. The lowest BCUT2D eigenvalue weighted by Crippen LogP contribution is -2.37. The van der Waals surface area contributed by atoms with Gasteiger partial charge in [-0.2, -0.15) is 0 Å². The number of carbonyl (C=O) groups excluding carboxylic acids is 1. The topological polar surface area (TPSA) is 52.1 Å². The molecule has 0 N–H and O–H groups in total. The maximum Gasteiger partial charge on any atom is 0.324 e. The second-order valence-electron chi connectivity index (χ2n) is 4.28. The number of hydrogen-bond donors (Lipinski definition) is 0. The van der Waals surface area contributed by atoms with E-state index in [0.29, 0.717) is 12.4 Å². The quantitative estimate of drug-likeness (QED) is 0.788. The summed E-state index contributed by atoms with van der Waals surface area (Å²) in [6.07, 6.45) is 3.26. The Bertz CT molecular complexity index is 501. The number of esters is 1. The van der Waals surface area contributed by atoms with Crippen molar-refractivity contribution in [3.63, 3.8) is 0 Å². The van der Waals surface area contributed by atoms with Gasteiger partial charge in [0.2, 0.25) is 0 Å². The first-order valence-corrected chi connectivity index (χ1v) is 6.19. The van der Waals surface area contributed by atoms with Crippen LogP contribution in [0, 0.1) is 0 Å². The maximum absolute atomic E-state index is 12.4. The van der Waals surface area contributed by atoms with E-state index in [9.17, 15) is 4.79 Å². The van der Waals surface area contributed by atoms with Crippen molar-refractivity contribution in [2.75, 3.05) is 6.61 Å². The highest BCUT2D eigenvalue weighted by molar-refractivity contribution is 5.86. The van der Waals surface area contributed by atoms with Crippen LogP contribution in [0.4, 0.5) is 0 Å². The summed E-state index contributed by atoms with van der Waals surface area (Å²) in [5.74, 6) is 0.104. The zero-order chi connectivity index (χ0) is 13.7. The lowest BCUT2D eigenvalue weighted by molar-refractivity contribution is -0.148. The van der Waals surface area contributed by atoms with Crippen LogP contribution in [0.2, 0.25) is 0 Å². The Hall–Kier alpha value is -2.23. The molecule has 0 spiro atoms. The Morgan fingerprint density at radius 2 is 1.79 bits per heavy atom. The highest BCUT2D eigenvalue weighted by Crippen LogP contribution is 2.30. The Labute approximate surface area is 112 Å². The first-order valence-electron chi connectivity index (χ1n) is 6.19. The van der Waals surface area contributed by atoms with Gasteiger partial charge in [-0.1, -0.05) is 30.3 Å². The first kappa shape index (κ1) is 13.2. The molecular weight excluding hydrogens is 240 g/mol. The Balaban J connectivity index is 2.54. The van der Waals surface area contributed by atoms with Crippen LogP contribution in [0.25, 0.3) is 0 Å². The summed E-state index contributed by atoms with van der Waals surface area (Å²) < 4.78 is 5.20. The van der Waals surface area contributed by atoms with Gasteiger partial charge in [0, 0.05) is 12.4 Å². The van der Waals surface area contributed by atoms with Crippen molar-refractivity contribution in [2.45, 2.75) is 19.3 Å². The minimum absolute atomic E-state index is 0.327. The first-order chi connectivity index (χ1) is 9.19. The second-order valence-corrected chi connectivity index (χ2v) is 4.28. The number of carbonyl (C=O) groups is 1. The molecule has 0 amide bonds. The molecule has 1 aromatic heterocycles. The number of aromatic nitrogens is 2. The fourth-order valence-corrected chi connectivity index (χ4v) is 1.94. The number of ether oxygens (including phenoxy) is 1. The molecule has 2 aromatic rings. The minimum atomic E-state index is -0.988. The number of benzene rings is 1. The van der Waals surface area contributed by atoms with E-state index in [0.717, 1.165) is 5.56 Å². The molecule has 0 aliphatic carbocycles. The fourth-order valence-electron chi connectivity index (χ4n) is 1.94. The van der Waals surface area contributed by atoms with Gasteiger partial charge in [-0.25, -0.2) is 9.97 Å². The van der Waals surface area contributed by atoms with E-state index < -0.39 is 5.41 Å². The molecule has 4 nitrogen and oxygen atoms in total. The van der Waals surface area contributed by atoms with Crippen LogP contribution < -0.4 is 0 Å². The molecule has 1 aromatic carbocycles. The van der Waals surface area contributed by atoms with Crippen molar-refractivity contribution >= 4 is 5.97 Å². The zero-order valence-corrected chi connectivity index (χ0v) is 11.0. The van der Waals surface area contributed by atoms with Crippen LogP contribution in [-0.4, -0.2) is 22.5 Å². The van der Waals surface area contributed by atoms with Crippen molar-refractivity contribution in [1.29, 1.82) is 0 Å². The highest BCUT2D eigenvalue weighted by Gasteiger charge is 2.41. The minimum Gasteiger partial charge on any atom is -0.465 e. The SMILES string of the molecule is CCOC(=O)C(C)(c1ccccc1)c1ncccn1. The van der Waals surface area contributed by atoms with Crippen LogP contribution in [0.15, 0.2) is 48.8 Å². The number of hydrogen-bond acceptors (Lipinski definition) is 4. The molecule has 1 atom stereocenters. The molecule has 0 saturated heterocycles. The van der Waals surface area contributed by atoms with E-state index in [1.807, 2.05) is 30.3 Å². The second kappa shape index (κ2) is 5.61. The van der Waals surface area contributed by atoms with Gasteiger partial charge in [-0.15, -0.1) is 0 Å². The highest BCUT2D eigenvalue weighted by atomic mass is 16.5. The van der Waals surface area contributed by atoms with Gasteiger partial charge in [-0.05, 0) is 25.5 Å². The Morgan fingerprint density at radius 1 is 1.16 bits per heavy atom. The molecule has 0 aliphatic heterocycles. The molecule has 0 aliphatic rings. The lowest BCUT2D eigenvalue weighted by Gasteiger charge is -2.25. The van der Waals surface area contributed by atoms with Gasteiger partial charge in [0.25, 0.3) is 0 Å². The maximum atomic E-state index is 12.4. The average molecular weight is 256 g/mol. The third kappa shape index (κ3) is 2.47. The lowest BCUT2D eigenvalue weighted by atomic mass is 9.81. The van der Waals surface area contributed by atoms with Gasteiger partial charge in [0.1, 0.15) is 11.2 Å². The van der Waals surface area contributed by atoms with Gasteiger partial charge >= 0.3 is 5.97 Å². The summed E-state index contributed by atoms with van der Waals surface area (Å²) in [4.78, 5) is 20.8. The molecule has 4 heteroatoms. The zero-order valence-electron chi connectivity index (χ0n) is 11.0. The van der Waals surface area contributed by atoms with Crippen LogP contribution in [0.5, 0.6) is 0 Å².